The number of rotatable bonds is 4. The third-order valence-corrected chi connectivity index (χ3v) is 5.51. The summed E-state index contributed by atoms with van der Waals surface area (Å²) in [5.41, 5.74) is 6.39. The molecule has 2 aromatic carbocycles. The van der Waals surface area contributed by atoms with Crippen LogP contribution in [0.5, 0.6) is 0 Å². The predicted octanol–water partition coefficient (Wildman–Crippen LogP) is 2.99. The van der Waals surface area contributed by atoms with Gasteiger partial charge in [-0.15, -0.1) is 0 Å². The molecule has 2 N–H and O–H groups in total. The monoisotopic (exact) mass is 372 g/mol. The van der Waals surface area contributed by atoms with Crippen LogP contribution in [0.2, 0.25) is 0 Å². The maximum Gasteiger partial charge on any atom is 0.243 e. The van der Waals surface area contributed by atoms with E-state index >= 15 is 0 Å². The fourth-order valence-electron chi connectivity index (χ4n) is 1.86. The van der Waals surface area contributed by atoms with Gasteiger partial charge >= 0.3 is 0 Å². The van der Waals surface area contributed by atoms with Gasteiger partial charge in [0.05, 0.1) is 4.90 Å². The van der Waals surface area contributed by atoms with Crippen LogP contribution >= 0.6 is 15.9 Å². The predicted molar refractivity (Wildman–Crippen MR) is 83.6 cm³/mol. The number of benzene rings is 2. The molecule has 0 atom stereocenters. The molecule has 0 aliphatic carbocycles. The van der Waals surface area contributed by atoms with Crippen molar-refractivity contribution in [2.24, 2.45) is 0 Å². The lowest BCUT2D eigenvalue weighted by molar-refractivity contribution is 0.465. The highest BCUT2D eigenvalue weighted by Gasteiger charge is 2.22. The molecule has 0 bridgehead atoms. The van der Waals surface area contributed by atoms with Gasteiger partial charge in [-0.2, -0.15) is 4.31 Å². The third-order valence-electron chi connectivity index (χ3n) is 2.95. The van der Waals surface area contributed by atoms with Crippen LogP contribution in [-0.2, 0) is 16.6 Å². The summed E-state index contributed by atoms with van der Waals surface area (Å²) in [5, 5.41) is 0. The molecule has 0 fully saturated rings. The minimum atomic E-state index is -3.81. The highest BCUT2D eigenvalue weighted by atomic mass is 79.9. The number of sulfonamides is 1. The fourth-order valence-corrected chi connectivity index (χ4v) is 3.49. The summed E-state index contributed by atoms with van der Waals surface area (Å²) in [6.07, 6.45) is 0. The molecule has 0 aliphatic heterocycles. The molecule has 0 spiro atoms. The highest BCUT2D eigenvalue weighted by molar-refractivity contribution is 9.10. The van der Waals surface area contributed by atoms with Crippen molar-refractivity contribution in [3.63, 3.8) is 0 Å². The van der Waals surface area contributed by atoms with Crippen molar-refractivity contribution in [1.82, 2.24) is 4.31 Å². The van der Waals surface area contributed by atoms with E-state index in [1.807, 2.05) is 24.3 Å². The average molecular weight is 373 g/mol. The standard InChI is InChI=1S/C14H14BrFN2O2S/c1-18(9-10-4-2-3-5-14(10)15)21(19,20)13-7-11(16)6-12(17)8-13/h2-8H,9,17H2,1H3. The molecule has 0 aliphatic rings. The third kappa shape index (κ3) is 3.61. The SMILES string of the molecule is CN(Cc1ccccc1Br)S(=O)(=O)c1cc(N)cc(F)c1. The Bertz CT molecular complexity index is 745. The second-order valence-electron chi connectivity index (χ2n) is 4.57. The molecule has 0 saturated carbocycles. The lowest BCUT2D eigenvalue weighted by atomic mass is 10.2. The minimum Gasteiger partial charge on any atom is -0.399 e. The normalized spacial score (nSPS) is 11.8. The molecular weight excluding hydrogens is 359 g/mol. The molecule has 0 aromatic heterocycles. The van der Waals surface area contributed by atoms with Gasteiger partial charge in [0.15, 0.2) is 0 Å². The van der Waals surface area contributed by atoms with Crippen LogP contribution in [0.15, 0.2) is 51.8 Å². The second-order valence-corrected chi connectivity index (χ2v) is 7.47. The lowest BCUT2D eigenvalue weighted by Crippen LogP contribution is -2.26. The second kappa shape index (κ2) is 6.13. The van der Waals surface area contributed by atoms with Crippen molar-refractivity contribution in [1.29, 1.82) is 0 Å². The van der Waals surface area contributed by atoms with Gasteiger partial charge < -0.3 is 5.73 Å². The topological polar surface area (TPSA) is 63.4 Å². The van der Waals surface area contributed by atoms with Crippen LogP contribution in [0.1, 0.15) is 5.56 Å². The Hall–Kier alpha value is -1.44. The number of nitrogen functional groups attached to an aromatic ring is 1. The van der Waals surface area contributed by atoms with Gasteiger partial charge in [-0.05, 0) is 29.8 Å². The Morgan fingerprint density at radius 1 is 1.24 bits per heavy atom. The van der Waals surface area contributed by atoms with Crippen LogP contribution in [0.25, 0.3) is 0 Å². The number of hydrogen-bond acceptors (Lipinski definition) is 3. The maximum atomic E-state index is 13.3. The Balaban J connectivity index is 2.33. The summed E-state index contributed by atoms with van der Waals surface area (Å²) in [4.78, 5) is -0.158. The highest BCUT2D eigenvalue weighted by Crippen LogP contribution is 2.23. The summed E-state index contributed by atoms with van der Waals surface area (Å²) in [6, 6.07) is 10.6. The lowest BCUT2D eigenvalue weighted by Gasteiger charge is -2.18. The molecule has 21 heavy (non-hydrogen) atoms. The summed E-state index contributed by atoms with van der Waals surface area (Å²) < 4.78 is 40.2. The van der Waals surface area contributed by atoms with Crippen LogP contribution in [0.3, 0.4) is 0 Å². The summed E-state index contributed by atoms with van der Waals surface area (Å²) >= 11 is 3.37. The zero-order valence-electron chi connectivity index (χ0n) is 11.3. The van der Waals surface area contributed by atoms with E-state index in [-0.39, 0.29) is 17.1 Å². The zero-order valence-corrected chi connectivity index (χ0v) is 13.7. The van der Waals surface area contributed by atoms with E-state index in [0.717, 1.165) is 26.5 Å². The van der Waals surface area contributed by atoms with E-state index in [1.165, 1.54) is 13.1 Å². The van der Waals surface area contributed by atoms with E-state index in [9.17, 15) is 12.8 Å². The Morgan fingerprint density at radius 3 is 2.52 bits per heavy atom. The summed E-state index contributed by atoms with van der Waals surface area (Å²) in [6.45, 7) is 0.167. The first-order chi connectivity index (χ1) is 9.80. The number of nitrogens with zero attached hydrogens (tertiary/aromatic N) is 1. The zero-order chi connectivity index (χ0) is 15.6. The molecule has 4 nitrogen and oxygen atoms in total. The number of halogens is 2. The van der Waals surface area contributed by atoms with Gasteiger partial charge in [0.2, 0.25) is 10.0 Å². The Kier molecular flexibility index (Phi) is 4.65. The molecule has 2 rings (SSSR count). The minimum absolute atomic E-state index is 0.0721. The van der Waals surface area contributed by atoms with Crippen molar-refractivity contribution < 1.29 is 12.8 Å². The van der Waals surface area contributed by atoms with Gasteiger partial charge in [-0.25, -0.2) is 12.8 Å². The first-order valence-electron chi connectivity index (χ1n) is 6.06. The molecule has 7 heteroatoms. The molecule has 0 amide bonds. The van der Waals surface area contributed by atoms with Gasteiger partial charge in [0.25, 0.3) is 0 Å². The van der Waals surface area contributed by atoms with Crippen LogP contribution in [0.4, 0.5) is 10.1 Å². The summed E-state index contributed by atoms with van der Waals surface area (Å²) in [5.74, 6) is -0.678. The first kappa shape index (κ1) is 15.9. The van der Waals surface area contributed by atoms with Crippen LogP contribution < -0.4 is 5.73 Å². The molecule has 0 heterocycles. The van der Waals surface area contributed by atoms with Gasteiger partial charge in [-0.3, -0.25) is 0 Å². The van der Waals surface area contributed by atoms with Crippen molar-refractivity contribution >= 4 is 31.6 Å². The fraction of sp³-hybridized carbons (Fsp3) is 0.143. The molecular formula is C14H14BrFN2O2S. The quantitative estimate of drug-likeness (QED) is 0.839. The van der Waals surface area contributed by atoms with Gasteiger partial charge in [0, 0.05) is 23.8 Å². The molecule has 0 radical (unpaired) electrons. The molecule has 0 saturated heterocycles. The first-order valence-corrected chi connectivity index (χ1v) is 8.30. The maximum absolute atomic E-state index is 13.3. The van der Waals surface area contributed by atoms with Crippen molar-refractivity contribution in [3.8, 4) is 0 Å². The van der Waals surface area contributed by atoms with Gasteiger partial charge in [0.1, 0.15) is 5.82 Å². The number of hydrogen-bond donors (Lipinski definition) is 1. The van der Waals surface area contributed by atoms with Crippen molar-refractivity contribution in [2.45, 2.75) is 11.4 Å². The van der Waals surface area contributed by atoms with Gasteiger partial charge in [-0.1, -0.05) is 34.1 Å². The van der Waals surface area contributed by atoms with Crippen molar-refractivity contribution in [3.05, 3.63) is 58.3 Å². The smallest absolute Gasteiger partial charge is 0.243 e. The van der Waals surface area contributed by atoms with E-state index in [2.05, 4.69) is 15.9 Å². The largest absolute Gasteiger partial charge is 0.399 e. The van der Waals surface area contributed by atoms with Crippen LogP contribution in [0, 0.1) is 5.82 Å². The number of nitrogens with two attached hydrogens (primary N) is 1. The van der Waals surface area contributed by atoms with Crippen LogP contribution in [-0.4, -0.2) is 19.8 Å². The number of anilines is 1. The molecule has 0 unspecified atom stereocenters. The van der Waals surface area contributed by atoms with E-state index in [1.54, 1.807) is 0 Å². The Labute approximate surface area is 131 Å². The summed E-state index contributed by atoms with van der Waals surface area (Å²) in [7, 11) is -2.37. The average Bonchev–Trinajstić information content (AvgIpc) is 2.40. The van der Waals surface area contributed by atoms with E-state index < -0.39 is 15.8 Å². The van der Waals surface area contributed by atoms with E-state index in [4.69, 9.17) is 5.73 Å². The van der Waals surface area contributed by atoms with Crippen molar-refractivity contribution in [2.75, 3.05) is 12.8 Å². The van der Waals surface area contributed by atoms with E-state index in [0.29, 0.717) is 0 Å². The molecule has 112 valence electrons. The molecule has 2 aromatic rings. The Morgan fingerprint density at radius 2 is 1.90 bits per heavy atom.